The first-order valence-corrected chi connectivity index (χ1v) is 7.49. The lowest BCUT2D eigenvalue weighted by Crippen LogP contribution is -2.36. The molecule has 1 radical (unpaired) electrons. The van der Waals surface area contributed by atoms with Gasteiger partial charge in [0, 0.05) is 13.1 Å². The maximum atomic E-state index is 12.3. The number of rotatable bonds is 2. The molecule has 0 N–H and O–H groups in total. The average Bonchev–Trinajstić information content (AvgIpc) is 2.33. The smallest absolute Gasteiger partial charge is 0.207 e. The van der Waals surface area contributed by atoms with Crippen molar-refractivity contribution in [3.8, 4) is 0 Å². The molecule has 0 spiro atoms. The molecule has 1 aliphatic rings. The first-order valence-electron chi connectivity index (χ1n) is 5.29. The Kier molecular flexibility index (Phi) is 3.98. The van der Waals surface area contributed by atoms with Crippen molar-refractivity contribution < 1.29 is 8.42 Å². The van der Waals surface area contributed by atoms with E-state index in [9.17, 15) is 8.42 Å². The molecule has 0 aromatic heterocycles. The lowest BCUT2D eigenvalue weighted by Gasteiger charge is -2.26. The molecule has 1 heterocycles. The lowest BCUT2D eigenvalue weighted by molar-refractivity contribution is 0.391. The van der Waals surface area contributed by atoms with Crippen LogP contribution in [0.3, 0.4) is 0 Å². The van der Waals surface area contributed by atoms with Crippen molar-refractivity contribution in [3.63, 3.8) is 0 Å². The molecule has 1 aliphatic heterocycles. The van der Waals surface area contributed by atoms with E-state index in [0.717, 1.165) is 12.8 Å². The first kappa shape index (κ1) is 13.1. The summed E-state index contributed by atoms with van der Waals surface area (Å²) in [5.74, 6) is 0. The third-order valence-corrected chi connectivity index (χ3v) is 5.52. The topological polar surface area (TPSA) is 37.4 Å². The summed E-state index contributed by atoms with van der Waals surface area (Å²) >= 11 is 11.8. The quantitative estimate of drug-likeness (QED) is 0.840. The van der Waals surface area contributed by atoms with E-state index in [1.165, 1.54) is 10.4 Å². The minimum atomic E-state index is -3.53. The fourth-order valence-electron chi connectivity index (χ4n) is 1.78. The molecule has 1 fully saturated rings. The van der Waals surface area contributed by atoms with Crippen LogP contribution in [0.5, 0.6) is 0 Å². The molecule has 0 saturated carbocycles. The summed E-state index contributed by atoms with van der Waals surface area (Å²) in [5.41, 5.74) is 0. The van der Waals surface area contributed by atoms with Crippen LogP contribution in [0, 0.1) is 6.42 Å². The van der Waals surface area contributed by atoms with Gasteiger partial charge in [0.15, 0.2) is 0 Å². The van der Waals surface area contributed by atoms with Crippen LogP contribution in [-0.2, 0) is 10.0 Å². The molecular weight excluding hydrogens is 281 g/mol. The van der Waals surface area contributed by atoms with Gasteiger partial charge in [-0.1, -0.05) is 29.3 Å². The van der Waals surface area contributed by atoms with Crippen molar-refractivity contribution in [1.82, 2.24) is 4.31 Å². The molecule has 0 bridgehead atoms. The average molecular weight is 293 g/mol. The van der Waals surface area contributed by atoms with E-state index in [2.05, 4.69) is 0 Å². The van der Waals surface area contributed by atoms with Crippen LogP contribution >= 0.6 is 23.2 Å². The number of benzene rings is 1. The number of piperidine rings is 1. The third-order valence-electron chi connectivity index (χ3n) is 2.68. The predicted octanol–water partition coefficient (Wildman–Crippen LogP) is 2.98. The van der Waals surface area contributed by atoms with E-state index >= 15 is 0 Å². The molecular formula is C11H12Cl2NO2S. The first-order chi connectivity index (χ1) is 8.03. The Hall–Kier alpha value is -0.290. The molecule has 2 rings (SSSR count). The van der Waals surface area contributed by atoms with Crippen LogP contribution in [-0.4, -0.2) is 25.8 Å². The van der Waals surface area contributed by atoms with Gasteiger partial charge in [0.25, 0.3) is 0 Å². The highest BCUT2D eigenvalue weighted by Gasteiger charge is 2.28. The molecule has 0 unspecified atom stereocenters. The van der Waals surface area contributed by atoms with Crippen molar-refractivity contribution >= 4 is 33.2 Å². The Bertz CT molecular complexity index is 510. The number of halogens is 2. The molecule has 0 aliphatic carbocycles. The highest BCUT2D eigenvalue weighted by Crippen LogP contribution is 2.31. The minimum absolute atomic E-state index is 0.0852. The summed E-state index contributed by atoms with van der Waals surface area (Å²) < 4.78 is 26.1. The van der Waals surface area contributed by atoms with Gasteiger partial charge in [-0.3, -0.25) is 0 Å². The van der Waals surface area contributed by atoms with Crippen molar-refractivity contribution in [2.75, 3.05) is 13.1 Å². The highest BCUT2D eigenvalue weighted by atomic mass is 35.5. The van der Waals surface area contributed by atoms with Crippen LogP contribution in [0.1, 0.15) is 12.8 Å². The minimum Gasteiger partial charge on any atom is -0.207 e. The van der Waals surface area contributed by atoms with E-state index in [-0.39, 0.29) is 14.9 Å². The van der Waals surface area contributed by atoms with Crippen LogP contribution in [0.25, 0.3) is 0 Å². The number of hydrogen-bond donors (Lipinski definition) is 0. The lowest BCUT2D eigenvalue weighted by atomic mass is 10.2. The summed E-state index contributed by atoms with van der Waals surface area (Å²) in [6, 6.07) is 4.65. The molecule has 1 aromatic carbocycles. The standard InChI is InChI=1S/C11H12Cl2NO2S/c12-9-5-4-6-10(11(9)13)17(15,16)14-7-2-1-3-8-14/h2,4-6H,1,3,7-8H2. The van der Waals surface area contributed by atoms with Crippen LogP contribution in [0.4, 0.5) is 0 Å². The van der Waals surface area contributed by atoms with E-state index in [4.69, 9.17) is 23.2 Å². The van der Waals surface area contributed by atoms with Gasteiger partial charge in [-0.25, -0.2) is 8.42 Å². The number of sulfonamides is 1. The van der Waals surface area contributed by atoms with Crippen LogP contribution in [0.2, 0.25) is 10.0 Å². The molecule has 1 saturated heterocycles. The van der Waals surface area contributed by atoms with E-state index in [1.807, 2.05) is 6.42 Å². The third kappa shape index (κ3) is 2.60. The highest BCUT2D eigenvalue weighted by molar-refractivity contribution is 7.89. The van der Waals surface area contributed by atoms with Gasteiger partial charge < -0.3 is 0 Å². The summed E-state index contributed by atoms with van der Waals surface area (Å²) in [5, 5.41) is 0.355. The molecule has 6 heteroatoms. The maximum absolute atomic E-state index is 12.3. The number of hydrogen-bond acceptors (Lipinski definition) is 2. The summed E-state index contributed by atoms with van der Waals surface area (Å²) in [6.45, 7) is 0.965. The van der Waals surface area contributed by atoms with Gasteiger partial charge in [0.2, 0.25) is 10.0 Å². The normalized spacial score (nSPS) is 18.2. The fourth-order valence-corrected chi connectivity index (χ4v) is 3.96. The Morgan fingerprint density at radius 1 is 1.24 bits per heavy atom. The molecule has 0 amide bonds. The zero-order valence-corrected chi connectivity index (χ0v) is 11.4. The van der Waals surface area contributed by atoms with E-state index < -0.39 is 10.0 Å². The zero-order chi connectivity index (χ0) is 12.5. The molecule has 1 aromatic rings. The Morgan fingerprint density at radius 2 is 2.00 bits per heavy atom. The zero-order valence-electron chi connectivity index (χ0n) is 9.07. The molecule has 3 nitrogen and oxygen atoms in total. The second-order valence-electron chi connectivity index (χ2n) is 3.85. The number of nitrogens with zero attached hydrogens (tertiary/aromatic N) is 1. The second-order valence-corrected chi connectivity index (χ2v) is 6.54. The molecule has 93 valence electrons. The maximum Gasteiger partial charge on any atom is 0.244 e. The summed E-state index contributed by atoms with van der Waals surface area (Å²) in [6.07, 6.45) is 3.76. The van der Waals surface area contributed by atoms with Gasteiger partial charge in [0.1, 0.15) is 4.90 Å². The fraction of sp³-hybridized carbons (Fsp3) is 0.364. The SMILES string of the molecule is O=S(=O)(c1cccc(Cl)c1Cl)N1C[CH]CCC1. The van der Waals surface area contributed by atoms with E-state index in [0.29, 0.717) is 13.1 Å². The van der Waals surface area contributed by atoms with E-state index in [1.54, 1.807) is 12.1 Å². The summed E-state index contributed by atoms with van der Waals surface area (Å²) in [7, 11) is -3.53. The van der Waals surface area contributed by atoms with Crippen molar-refractivity contribution in [2.24, 2.45) is 0 Å². The Morgan fingerprint density at radius 3 is 2.65 bits per heavy atom. The predicted molar refractivity (Wildman–Crippen MR) is 68.8 cm³/mol. The van der Waals surface area contributed by atoms with Gasteiger partial charge in [0.05, 0.1) is 10.0 Å². The summed E-state index contributed by atoms with van der Waals surface area (Å²) in [4.78, 5) is 0.0852. The van der Waals surface area contributed by atoms with Gasteiger partial charge in [-0.15, -0.1) is 0 Å². The second kappa shape index (κ2) is 5.14. The Labute approximate surface area is 111 Å². The van der Waals surface area contributed by atoms with Crippen LogP contribution in [0.15, 0.2) is 23.1 Å². The van der Waals surface area contributed by atoms with Crippen LogP contribution < -0.4 is 0 Å². The van der Waals surface area contributed by atoms with Crippen molar-refractivity contribution in [3.05, 3.63) is 34.7 Å². The van der Waals surface area contributed by atoms with Crippen molar-refractivity contribution in [1.29, 1.82) is 0 Å². The molecule has 17 heavy (non-hydrogen) atoms. The largest absolute Gasteiger partial charge is 0.244 e. The van der Waals surface area contributed by atoms with Crippen molar-refractivity contribution in [2.45, 2.75) is 17.7 Å². The van der Waals surface area contributed by atoms with Gasteiger partial charge >= 0.3 is 0 Å². The Balaban J connectivity index is 2.40. The monoisotopic (exact) mass is 292 g/mol. The van der Waals surface area contributed by atoms with Gasteiger partial charge in [-0.2, -0.15) is 4.31 Å². The molecule has 0 atom stereocenters. The van der Waals surface area contributed by atoms with Gasteiger partial charge in [-0.05, 0) is 31.4 Å².